The lowest BCUT2D eigenvalue weighted by Crippen LogP contribution is -2.40. The van der Waals surface area contributed by atoms with Crippen molar-refractivity contribution in [3.8, 4) is 11.5 Å². The molecule has 2 N–H and O–H groups in total. The number of hydrogen-bond donors (Lipinski definition) is 2. The summed E-state index contributed by atoms with van der Waals surface area (Å²) in [6.07, 6.45) is 2.90. The highest BCUT2D eigenvalue weighted by atomic mass is 35.5. The summed E-state index contributed by atoms with van der Waals surface area (Å²) in [4.78, 5) is 23.8. The van der Waals surface area contributed by atoms with Crippen LogP contribution >= 0.6 is 11.6 Å². The number of hydrogen-bond acceptors (Lipinski definition) is 4. The van der Waals surface area contributed by atoms with Crippen molar-refractivity contribution in [1.82, 2.24) is 10.9 Å². The number of nitrogens with one attached hydrogen (secondary N) is 2. The molecular formula is C19H19ClN2O4. The lowest BCUT2D eigenvalue weighted by atomic mass is 10.2. The highest BCUT2D eigenvalue weighted by Gasteiger charge is 2.07. The van der Waals surface area contributed by atoms with Crippen LogP contribution in [-0.2, 0) is 4.79 Å². The highest BCUT2D eigenvalue weighted by Crippen LogP contribution is 2.28. The number of halogens is 1. The molecule has 0 saturated carbocycles. The van der Waals surface area contributed by atoms with Gasteiger partial charge in [-0.2, -0.15) is 0 Å². The number of methoxy groups -OCH3 is 1. The van der Waals surface area contributed by atoms with Gasteiger partial charge in [-0.05, 0) is 48.9 Å². The van der Waals surface area contributed by atoms with Gasteiger partial charge in [-0.15, -0.1) is 0 Å². The number of amides is 2. The maximum absolute atomic E-state index is 11.9. The maximum atomic E-state index is 11.9. The molecule has 2 aromatic rings. The fourth-order valence-corrected chi connectivity index (χ4v) is 2.29. The molecule has 0 unspecified atom stereocenters. The average Bonchev–Trinajstić information content (AvgIpc) is 2.65. The van der Waals surface area contributed by atoms with E-state index >= 15 is 0 Å². The Hall–Kier alpha value is -2.99. The molecular weight excluding hydrogens is 356 g/mol. The van der Waals surface area contributed by atoms with E-state index < -0.39 is 11.8 Å². The van der Waals surface area contributed by atoms with Gasteiger partial charge >= 0.3 is 0 Å². The summed E-state index contributed by atoms with van der Waals surface area (Å²) in [7, 11) is 1.56. The molecule has 0 atom stereocenters. The lowest BCUT2D eigenvalue weighted by Gasteiger charge is -2.09. The summed E-state index contributed by atoms with van der Waals surface area (Å²) >= 11 is 5.83. The van der Waals surface area contributed by atoms with Gasteiger partial charge < -0.3 is 9.47 Å². The van der Waals surface area contributed by atoms with Gasteiger partial charge in [-0.3, -0.25) is 20.4 Å². The summed E-state index contributed by atoms with van der Waals surface area (Å²) in [6.45, 7) is 2.37. The van der Waals surface area contributed by atoms with Gasteiger partial charge in [0.2, 0.25) is 0 Å². The monoisotopic (exact) mass is 374 g/mol. The zero-order valence-electron chi connectivity index (χ0n) is 14.4. The molecule has 2 amide bonds. The largest absolute Gasteiger partial charge is 0.493 e. The van der Waals surface area contributed by atoms with Crippen LogP contribution in [0.1, 0.15) is 22.8 Å². The van der Waals surface area contributed by atoms with Crippen LogP contribution in [0.3, 0.4) is 0 Å². The fraction of sp³-hybridized carbons (Fsp3) is 0.158. The SMILES string of the molecule is CCOc1cc(/C=C/C(=O)NNC(=O)c2cccc(Cl)c2)ccc1OC. The Kier molecular flexibility index (Phi) is 7.05. The van der Waals surface area contributed by atoms with Crippen molar-refractivity contribution in [2.75, 3.05) is 13.7 Å². The second-order valence-corrected chi connectivity index (χ2v) is 5.57. The van der Waals surface area contributed by atoms with E-state index in [1.807, 2.05) is 6.92 Å². The maximum Gasteiger partial charge on any atom is 0.269 e. The van der Waals surface area contributed by atoms with Crippen molar-refractivity contribution in [2.45, 2.75) is 6.92 Å². The van der Waals surface area contributed by atoms with E-state index in [1.54, 1.807) is 49.6 Å². The molecule has 0 spiro atoms. The van der Waals surface area contributed by atoms with E-state index in [0.717, 1.165) is 5.56 Å². The Labute approximate surface area is 156 Å². The zero-order valence-corrected chi connectivity index (χ0v) is 15.2. The molecule has 0 fully saturated rings. The van der Waals surface area contributed by atoms with E-state index in [1.165, 1.54) is 12.1 Å². The van der Waals surface area contributed by atoms with Gasteiger partial charge in [-0.25, -0.2) is 0 Å². The molecule has 0 bridgehead atoms. The molecule has 0 heterocycles. The summed E-state index contributed by atoms with van der Waals surface area (Å²) in [5.74, 6) is 0.264. The molecule has 2 aromatic carbocycles. The van der Waals surface area contributed by atoms with Gasteiger partial charge in [0.1, 0.15) is 0 Å². The Balaban J connectivity index is 1.95. The highest BCUT2D eigenvalue weighted by molar-refractivity contribution is 6.30. The fourth-order valence-electron chi connectivity index (χ4n) is 2.10. The first-order chi connectivity index (χ1) is 12.5. The van der Waals surface area contributed by atoms with Crippen LogP contribution in [-0.4, -0.2) is 25.5 Å². The molecule has 0 aliphatic rings. The van der Waals surface area contributed by atoms with Gasteiger partial charge in [0, 0.05) is 16.7 Å². The van der Waals surface area contributed by atoms with Crippen molar-refractivity contribution in [3.63, 3.8) is 0 Å². The van der Waals surface area contributed by atoms with Crippen LogP contribution < -0.4 is 20.3 Å². The van der Waals surface area contributed by atoms with Crippen LogP contribution in [0.2, 0.25) is 5.02 Å². The van der Waals surface area contributed by atoms with Crippen molar-refractivity contribution < 1.29 is 19.1 Å². The van der Waals surface area contributed by atoms with E-state index in [-0.39, 0.29) is 0 Å². The predicted octanol–water partition coefficient (Wildman–Crippen LogP) is 3.22. The lowest BCUT2D eigenvalue weighted by molar-refractivity contribution is -0.117. The summed E-state index contributed by atoms with van der Waals surface area (Å²) < 4.78 is 10.7. The molecule has 0 aliphatic heterocycles. The minimum absolute atomic E-state index is 0.346. The second-order valence-electron chi connectivity index (χ2n) is 5.13. The van der Waals surface area contributed by atoms with E-state index in [0.29, 0.717) is 28.7 Å². The summed E-state index contributed by atoms with van der Waals surface area (Å²) in [6, 6.07) is 11.7. The van der Waals surface area contributed by atoms with Crippen LogP contribution in [0.15, 0.2) is 48.5 Å². The molecule has 7 heteroatoms. The minimum atomic E-state index is -0.478. The van der Waals surface area contributed by atoms with Crippen molar-refractivity contribution in [2.24, 2.45) is 0 Å². The smallest absolute Gasteiger partial charge is 0.269 e. The van der Waals surface area contributed by atoms with E-state index in [2.05, 4.69) is 10.9 Å². The number of carbonyl (C=O) groups excluding carboxylic acids is 2. The third-order valence-electron chi connectivity index (χ3n) is 3.30. The van der Waals surface area contributed by atoms with Crippen LogP contribution in [0.5, 0.6) is 11.5 Å². The standard InChI is InChI=1S/C19H19ClN2O4/c1-3-26-17-11-13(7-9-16(17)25-2)8-10-18(23)21-22-19(24)14-5-4-6-15(20)12-14/h4-12H,3H2,1-2H3,(H,21,23)(H,22,24)/b10-8+. The van der Waals surface area contributed by atoms with Crippen molar-refractivity contribution in [3.05, 3.63) is 64.7 Å². The average molecular weight is 375 g/mol. The van der Waals surface area contributed by atoms with Crippen molar-refractivity contribution >= 4 is 29.5 Å². The topological polar surface area (TPSA) is 76.7 Å². The third kappa shape index (κ3) is 5.53. The summed E-state index contributed by atoms with van der Waals surface area (Å²) in [5, 5.41) is 0.438. The Morgan fingerprint density at radius 2 is 1.92 bits per heavy atom. The third-order valence-corrected chi connectivity index (χ3v) is 3.54. The molecule has 0 aliphatic carbocycles. The molecule has 6 nitrogen and oxygen atoms in total. The second kappa shape index (κ2) is 9.48. The molecule has 136 valence electrons. The number of hydrazine groups is 1. The van der Waals surface area contributed by atoms with Crippen LogP contribution in [0.4, 0.5) is 0 Å². The van der Waals surface area contributed by atoms with Crippen molar-refractivity contribution in [1.29, 1.82) is 0 Å². The Morgan fingerprint density at radius 1 is 1.12 bits per heavy atom. The number of carbonyl (C=O) groups is 2. The Morgan fingerprint density at radius 3 is 2.62 bits per heavy atom. The molecule has 0 saturated heterocycles. The molecule has 0 radical (unpaired) electrons. The van der Waals surface area contributed by atoms with E-state index in [9.17, 15) is 9.59 Å². The van der Waals surface area contributed by atoms with E-state index in [4.69, 9.17) is 21.1 Å². The number of benzene rings is 2. The number of rotatable bonds is 6. The first kappa shape index (κ1) is 19.3. The van der Waals surface area contributed by atoms with Gasteiger partial charge in [0.05, 0.1) is 13.7 Å². The van der Waals surface area contributed by atoms with Crippen LogP contribution in [0, 0.1) is 0 Å². The predicted molar refractivity (Wildman–Crippen MR) is 100 cm³/mol. The molecule has 26 heavy (non-hydrogen) atoms. The molecule has 2 rings (SSSR count). The molecule has 0 aromatic heterocycles. The van der Waals surface area contributed by atoms with Crippen LogP contribution in [0.25, 0.3) is 6.08 Å². The van der Waals surface area contributed by atoms with Gasteiger partial charge in [-0.1, -0.05) is 23.7 Å². The summed E-state index contributed by atoms with van der Waals surface area (Å²) in [5.41, 5.74) is 5.73. The quantitative estimate of drug-likeness (QED) is 0.601. The normalized spacial score (nSPS) is 10.4. The minimum Gasteiger partial charge on any atom is -0.493 e. The number of ether oxygens (including phenoxy) is 2. The zero-order chi connectivity index (χ0) is 18.9. The van der Waals surface area contributed by atoms with Gasteiger partial charge in [0.25, 0.3) is 11.8 Å². The first-order valence-corrected chi connectivity index (χ1v) is 8.26. The first-order valence-electron chi connectivity index (χ1n) is 7.88. The van der Waals surface area contributed by atoms with Gasteiger partial charge in [0.15, 0.2) is 11.5 Å². The Bertz CT molecular complexity index is 821.